The Morgan fingerprint density at radius 2 is 1.07 bits per heavy atom. The van der Waals surface area contributed by atoms with E-state index in [0.29, 0.717) is 17.3 Å². The minimum atomic E-state index is 0.403. The first kappa shape index (κ1) is 23.3. The molecule has 0 saturated carbocycles. The molecule has 0 saturated heterocycles. The summed E-state index contributed by atoms with van der Waals surface area (Å²) in [4.78, 5) is 14.7. The number of aromatic nitrogens is 3. The van der Waals surface area contributed by atoms with Gasteiger partial charge in [-0.25, -0.2) is 15.0 Å². The van der Waals surface area contributed by atoms with Gasteiger partial charge in [-0.05, 0) is 56.9 Å². The Bertz CT molecular complexity index is 2170. The highest BCUT2D eigenvalue weighted by atomic mass is 16.3. The number of fused-ring (bicyclic) bond motifs is 4. The van der Waals surface area contributed by atoms with Crippen molar-refractivity contribution in [1.82, 2.24) is 15.0 Å². The Morgan fingerprint density at radius 3 is 1.90 bits per heavy atom. The lowest BCUT2D eigenvalue weighted by Gasteiger charge is -2.12. The molecular formula is C37H23N3O. The highest BCUT2D eigenvalue weighted by molar-refractivity contribution is 6.13. The molecule has 0 atom stereocenters. The third-order valence-corrected chi connectivity index (χ3v) is 7.54. The van der Waals surface area contributed by atoms with Gasteiger partial charge >= 0.3 is 0 Å². The molecule has 0 N–H and O–H groups in total. The summed E-state index contributed by atoms with van der Waals surface area (Å²) < 4.78 is 6.13. The van der Waals surface area contributed by atoms with Crippen molar-refractivity contribution in [2.75, 3.05) is 0 Å². The van der Waals surface area contributed by atoms with Crippen LogP contribution in [-0.2, 0) is 0 Å². The lowest BCUT2D eigenvalue weighted by Crippen LogP contribution is -1.97. The van der Waals surface area contributed by atoms with Crippen LogP contribution < -0.4 is 0 Å². The van der Waals surface area contributed by atoms with Crippen molar-refractivity contribution in [3.63, 3.8) is 0 Å². The highest BCUT2D eigenvalue weighted by Gasteiger charge is 2.17. The van der Waals surface area contributed by atoms with E-state index in [0.717, 1.165) is 44.4 Å². The molecule has 8 aromatic rings. The second-order valence-electron chi connectivity index (χ2n) is 10.1. The third-order valence-electron chi connectivity index (χ3n) is 7.54. The monoisotopic (exact) mass is 525 g/mol. The predicted octanol–water partition coefficient (Wildman–Crippen LogP) is 9.59. The van der Waals surface area contributed by atoms with E-state index in [1.807, 2.05) is 30.3 Å². The normalized spacial score (nSPS) is 11.4. The molecule has 0 spiro atoms. The first-order valence-electron chi connectivity index (χ1n) is 13.6. The first-order valence-corrected chi connectivity index (χ1v) is 13.6. The summed E-state index contributed by atoms with van der Waals surface area (Å²) in [6.45, 7) is 0. The topological polar surface area (TPSA) is 51.8 Å². The van der Waals surface area contributed by atoms with Crippen LogP contribution in [-0.4, -0.2) is 15.0 Å². The summed E-state index contributed by atoms with van der Waals surface area (Å²) in [6.07, 6.45) is 0. The van der Waals surface area contributed by atoms with Crippen LogP contribution >= 0.6 is 0 Å². The van der Waals surface area contributed by atoms with Crippen molar-refractivity contribution >= 4 is 32.6 Å². The second kappa shape index (κ2) is 9.54. The molecule has 0 unspecified atom stereocenters. The Morgan fingerprint density at radius 1 is 0.439 bits per heavy atom. The Hall–Kier alpha value is -5.61. The minimum absolute atomic E-state index is 0.403. The van der Waals surface area contributed by atoms with Crippen molar-refractivity contribution in [2.45, 2.75) is 0 Å². The van der Waals surface area contributed by atoms with Gasteiger partial charge in [-0.1, -0.05) is 115 Å². The van der Waals surface area contributed by atoms with Crippen molar-refractivity contribution in [3.05, 3.63) is 140 Å². The maximum absolute atomic E-state index is 6.13. The molecule has 41 heavy (non-hydrogen) atoms. The second-order valence-corrected chi connectivity index (χ2v) is 10.1. The summed E-state index contributed by atoms with van der Waals surface area (Å²) in [5.74, 6) is 0.860. The lowest BCUT2D eigenvalue weighted by molar-refractivity contribution is 0.613. The molecule has 8 rings (SSSR count). The fraction of sp³-hybridized carbons (Fsp3) is 0. The molecule has 2 aromatic heterocycles. The number of hydrogen-bond donors (Lipinski definition) is 0. The van der Waals surface area contributed by atoms with Crippen LogP contribution in [0.25, 0.3) is 78.0 Å². The van der Waals surface area contributed by atoms with Gasteiger partial charge in [-0.3, -0.25) is 0 Å². The average molecular weight is 526 g/mol. The molecule has 4 nitrogen and oxygen atoms in total. The van der Waals surface area contributed by atoms with E-state index < -0.39 is 0 Å². The maximum Gasteiger partial charge on any atom is 0.266 e. The summed E-state index contributed by atoms with van der Waals surface area (Å²) in [5.41, 5.74) is 7.49. The largest absolute Gasteiger partial charge is 0.434 e. The summed E-state index contributed by atoms with van der Waals surface area (Å²) >= 11 is 0. The van der Waals surface area contributed by atoms with Gasteiger partial charge in [0, 0.05) is 11.1 Å². The van der Waals surface area contributed by atoms with Crippen LogP contribution in [0.2, 0.25) is 0 Å². The molecule has 0 fully saturated rings. The Balaban J connectivity index is 1.35. The molecule has 0 aliphatic carbocycles. The fourth-order valence-electron chi connectivity index (χ4n) is 5.53. The van der Waals surface area contributed by atoms with Crippen LogP contribution in [0.5, 0.6) is 0 Å². The lowest BCUT2D eigenvalue weighted by atomic mass is 9.95. The first-order chi connectivity index (χ1) is 20.3. The molecule has 0 amide bonds. The van der Waals surface area contributed by atoms with Crippen LogP contribution in [0.1, 0.15) is 0 Å². The summed E-state index contributed by atoms with van der Waals surface area (Å²) in [5, 5.41) is 4.71. The van der Waals surface area contributed by atoms with Crippen LogP contribution in [0.3, 0.4) is 0 Å². The molecule has 0 aliphatic heterocycles. The zero-order valence-electron chi connectivity index (χ0n) is 22.0. The van der Waals surface area contributed by atoms with E-state index in [2.05, 4.69) is 109 Å². The molecule has 6 aromatic carbocycles. The van der Waals surface area contributed by atoms with Crippen molar-refractivity contribution in [1.29, 1.82) is 0 Å². The van der Waals surface area contributed by atoms with Gasteiger partial charge < -0.3 is 4.42 Å². The number of rotatable bonds is 4. The number of para-hydroxylation sites is 2. The quantitative estimate of drug-likeness (QED) is 0.215. The summed E-state index contributed by atoms with van der Waals surface area (Å²) in [6, 6.07) is 47.9. The average Bonchev–Trinajstić information content (AvgIpc) is 3.49. The predicted molar refractivity (Wildman–Crippen MR) is 166 cm³/mol. The smallest absolute Gasteiger partial charge is 0.266 e. The molecular weight excluding hydrogens is 502 g/mol. The van der Waals surface area contributed by atoms with E-state index in [4.69, 9.17) is 19.4 Å². The van der Waals surface area contributed by atoms with Gasteiger partial charge in [-0.15, -0.1) is 0 Å². The Labute approximate surface area is 236 Å². The molecule has 0 aliphatic rings. The van der Waals surface area contributed by atoms with E-state index in [1.165, 1.54) is 16.3 Å². The Kier molecular flexibility index (Phi) is 5.42. The molecule has 192 valence electrons. The van der Waals surface area contributed by atoms with Crippen molar-refractivity contribution in [3.8, 4) is 45.4 Å². The zero-order chi connectivity index (χ0) is 27.2. The van der Waals surface area contributed by atoms with E-state index in [-0.39, 0.29) is 0 Å². The van der Waals surface area contributed by atoms with E-state index >= 15 is 0 Å². The third kappa shape index (κ3) is 4.14. The molecule has 0 radical (unpaired) electrons. The van der Waals surface area contributed by atoms with Gasteiger partial charge in [0.15, 0.2) is 5.58 Å². The minimum Gasteiger partial charge on any atom is -0.434 e. The van der Waals surface area contributed by atoms with Crippen LogP contribution in [0.4, 0.5) is 0 Å². The molecule has 2 heterocycles. The standard InChI is InChI=1S/C37H23N3O/c1-2-10-24(11-3-1)25-18-20-26(21-19-25)33-23-34(39-36(38-33)37-40-32-16-8-9-17-35(32)41-37)31-22-27-12-4-5-13-28(27)29-14-6-7-15-30(29)31/h1-23H. The van der Waals surface area contributed by atoms with E-state index in [9.17, 15) is 0 Å². The number of benzene rings is 6. The number of nitrogens with zero attached hydrogens (tertiary/aromatic N) is 3. The highest BCUT2D eigenvalue weighted by Crippen LogP contribution is 2.36. The SMILES string of the molecule is c1ccc(-c2ccc(-c3cc(-c4cc5ccccc5c5ccccc45)nc(-c4nc5ccccc5o4)n3)cc2)cc1. The molecule has 0 bridgehead atoms. The zero-order valence-corrected chi connectivity index (χ0v) is 22.0. The van der Waals surface area contributed by atoms with Crippen LogP contribution in [0.15, 0.2) is 144 Å². The van der Waals surface area contributed by atoms with Gasteiger partial charge in [-0.2, -0.15) is 0 Å². The van der Waals surface area contributed by atoms with E-state index in [1.54, 1.807) is 0 Å². The van der Waals surface area contributed by atoms with Crippen molar-refractivity contribution < 1.29 is 4.42 Å². The number of hydrogen-bond acceptors (Lipinski definition) is 4. The summed E-state index contributed by atoms with van der Waals surface area (Å²) in [7, 11) is 0. The van der Waals surface area contributed by atoms with Gasteiger partial charge in [0.1, 0.15) is 5.52 Å². The van der Waals surface area contributed by atoms with Crippen molar-refractivity contribution in [2.24, 2.45) is 0 Å². The van der Waals surface area contributed by atoms with Gasteiger partial charge in [0.05, 0.1) is 11.4 Å². The van der Waals surface area contributed by atoms with Gasteiger partial charge in [0.2, 0.25) is 5.82 Å². The van der Waals surface area contributed by atoms with Gasteiger partial charge in [0.25, 0.3) is 5.89 Å². The number of oxazole rings is 1. The fourth-order valence-corrected chi connectivity index (χ4v) is 5.53. The maximum atomic E-state index is 6.13. The molecule has 4 heteroatoms. The van der Waals surface area contributed by atoms with Crippen LogP contribution in [0, 0.1) is 0 Å².